The van der Waals surface area contributed by atoms with Crippen LogP contribution in [0.25, 0.3) is 11.3 Å². The number of ether oxygens (including phenoxy) is 1. The van der Waals surface area contributed by atoms with Crippen LogP contribution < -0.4 is 14.8 Å². The van der Waals surface area contributed by atoms with Crippen molar-refractivity contribution in [2.45, 2.75) is 11.8 Å². The summed E-state index contributed by atoms with van der Waals surface area (Å²) < 4.78 is 33.4. The Bertz CT molecular complexity index is 1180. The number of aryl methyl sites for hydroxylation is 1. The predicted octanol–water partition coefficient (Wildman–Crippen LogP) is 2.58. The fourth-order valence-corrected chi connectivity index (χ4v) is 3.88. The molecule has 142 valence electrons. The van der Waals surface area contributed by atoms with E-state index >= 15 is 0 Å². The zero-order valence-electron chi connectivity index (χ0n) is 14.8. The van der Waals surface area contributed by atoms with E-state index in [9.17, 15) is 13.2 Å². The molecule has 4 rings (SSSR count). The summed E-state index contributed by atoms with van der Waals surface area (Å²) in [6, 6.07) is 13.0. The Morgan fingerprint density at radius 3 is 2.82 bits per heavy atom. The van der Waals surface area contributed by atoms with Gasteiger partial charge in [0, 0.05) is 17.4 Å². The van der Waals surface area contributed by atoms with E-state index in [1.165, 1.54) is 18.2 Å². The standard InChI is InChI=1S/C19H16N4O4S/c1-12-20-8-7-16(21-12)13-3-2-4-14(9-13)23-28(25,26)15-5-6-18-17(10-15)22-19(24)11-27-18/h2-10,23H,11H2,1H3,(H,22,24). The third-order valence-corrected chi connectivity index (χ3v) is 5.46. The van der Waals surface area contributed by atoms with E-state index in [1.54, 1.807) is 37.4 Å². The highest BCUT2D eigenvalue weighted by molar-refractivity contribution is 7.92. The van der Waals surface area contributed by atoms with E-state index < -0.39 is 10.0 Å². The average molecular weight is 396 g/mol. The monoisotopic (exact) mass is 396 g/mol. The van der Waals surface area contributed by atoms with Crippen molar-refractivity contribution in [3.05, 3.63) is 60.6 Å². The lowest BCUT2D eigenvalue weighted by Gasteiger charge is -2.18. The molecule has 0 bridgehead atoms. The van der Waals surface area contributed by atoms with Crippen LogP contribution in [0.1, 0.15) is 5.82 Å². The van der Waals surface area contributed by atoms with Gasteiger partial charge in [0.15, 0.2) is 6.61 Å². The van der Waals surface area contributed by atoms with Gasteiger partial charge in [0.05, 0.1) is 16.3 Å². The Morgan fingerprint density at radius 1 is 1.14 bits per heavy atom. The summed E-state index contributed by atoms with van der Waals surface area (Å²) in [6.07, 6.45) is 1.65. The van der Waals surface area contributed by atoms with Gasteiger partial charge in [-0.1, -0.05) is 12.1 Å². The minimum Gasteiger partial charge on any atom is -0.482 e. The van der Waals surface area contributed by atoms with E-state index in [2.05, 4.69) is 20.0 Å². The molecule has 0 spiro atoms. The van der Waals surface area contributed by atoms with Gasteiger partial charge in [0.1, 0.15) is 11.6 Å². The lowest BCUT2D eigenvalue weighted by Crippen LogP contribution is -2.25. The van der Waals surface area contributed by atoms with Crippen LogP contribution in [0, 0.1) is 6.92 Å². The van der Waals surface area contributed by atoms with Crippen LogP contribution in [0.5, 0.6) is 5.75 Å². The normalized spacial score (nSPS) is 13.2. The molecule has 2 N–H and O–H groups in total. The van der Waals surface area contributed by atoms with Gasteiger partial charge >= 0.3 is 0 Å². The summed E-state index contributed by atoms with van der Waals surface area (Å²) in [5.74, 6) is 0.726. The maximum Gasteiger partial charge on any atom is 0.262 e. The van der Waals surface area contributed by atoms with Crippen LogP contribution >= 0.6 is 0 Å². The molecule has 1 aliphatic rings. The average Bonchev–Trinajstić information content (AvgIpc) is 2.67. The fraction of sp³-hybridized carbons (Fsp3) is 0.105. The first kappa shape index (κ1) is 17.9. The number of sulfonamides is 1. The van der Waals surface area contributed by atoms with Crippen LogP contribution in [0.3, 0.4) is 0 Å². The van der Waals surface area contributed by atoms with Gasteiger partial charge in [-0.05, 0) is 43.3 Å². The summed E-state index contributed by atoms with van der Waals surface area (Å²) in [5, 5.41) is 2.60. The molecule has 0 aliphatic carbocycles. The lowest BCUT2D eigenvalue weighted by molar-refractivity contribution is -0.118. The number of fused-ring (bicyclic) bond motifs is 1. The molecule has 1 aromatic heterocycles. The van der Waals surface area contributed by atoms with Crippen molar-refractivity contribution in [2.75, 3.05) is 16.6 Å². The van der Waals surface area contributed by atoms with Crippen molar-refractivity contribution in [3.8, 4) is 17.0 Å². The van der Waals surface area contributed by atoms with E-state index in [-0.39, 0.29) is 17.4 Å². The summed E-state index contributed by atoms with van der Waals surface area (Å²) in [6.45, 7) is 1.70. The minimum absolute atomic E-state index is 0.0142. The smallest absolute Gasteiger partial charge is 0.262 e. The van der Waals surface area contributed by atoms with E-state index in [1.807, 2.05) is 6.07 Å². The summed E-state index contributed by atoms with van der Waals surface area (Å²) in [4.78, 5) is 19.9. The first-order valence-electron chi connectivity index (χ1n) is 8.40. The van der Waals surface area contributed by atoms with Crippen molar-refractivity contribution >= 4 is 27.3 Å². The highest BCUT2D eigenvalue weighted by atomic mass is 32.2. The highest BCUT2D eigenvalue weighted by Gasteiger charge is 2.21. The molecular weight excluding hydrogens is 380 g/mol. The Balaban J connectivity index is 1.63. The van der Waals surface area contributed by atoms with Crippen molar-refractivity contribution in [2.24, 2.45) is 0 Å². The third-order valence-electron chi connectivity index (χ3n) is 4.08. The molecular formula is C19H16N4O4S. The number of amides is 1. The molecule has 9 heteroatoms. The van der Waals surface area contributed by atoms with Gasteiger partial charge < -0.3 is 10.1 Å². The number of rotatable bonds is 4. The van der Waals surface area contributed by atoms with Gasteiger partial charge in [-0.25, -0.2) is 18.4 Å². The van der Waals surface area contributed by atoms with E-state index in [0.717, 1.165) is 5.56 Å². The number of aromatic nitrogens is 2. The lowest BCUT2D eigenvalue weighted by atomic mass is 10.1. The number of anilines is 2. The van der Waals surface area contributed by atoms with Crippen LogP contribution in [0.15, 0.2) is 59.6 Å². The van der Waals surface area contributed by atoms with Gasteiger partial charge in [-0.15, -0.1) is 0 Å². The second-order valence-electron chi connectivity index (χ2n) is 6.17. The van der Waals surface area contributed by atoms with Crippen molar-refractivity contribution < 1.29 is 17.9 Å². The van der Waals surface area contributed by atoms with Crippen molar-refractivity contribution in [3.63, 3.8) is 0 Å². The maximum absolute atomic E-state index is 12.8. The number of carbonyl (C=O) groups is 1. The van der Waals surface area contributed by atoms with E-state index in [0.29, 0.717) is 28.6 Å². The minimum atomic E-state index is -3.86. The molecule has 1 amide bonds. The molecule has 0 atom stereocenters. The van der Waals surface area contributed by atoms with Gasteiger partial charge in [-0.3, -0.25) is 9.52 Å². The second-order valence-corrected chi connectivity index (χ2v) is 7.85. The maximum atomic E-state index is 12.8. The van der Waals surface area contributed by atoms with Crippen molar-refractivity contribution in [1.82, 2.24) is 9.97 Å². The number of benzene rings is 2. The number of hydrogen-bond acceptors (Lipinski definition) is 6. The fourth-order valence-electron chi connectivity index (χ4n) is 2.80. The molecule has 0 radical (unpaired) electrons. The Labute approximate surface area is 161 Å². The first-order chi connectivity index (χ1) is 13.4. The summed E-state index contributed by atoms with van der Waals surface area (Å²) in [5.41, 5.74) is 2.18. The SMILES string of the molecule is Cc1nccc(-c2cccc(NS(=O)(=O)c3ccc4c(c3)NC(=O)CO4)c2)n1. The van der Waals surface area contributed by atoms with Gasteiger partial charge in [0.25, 0.3) is 15.9 Å². The number of carbonyl (C=O) groups excluding carboxylic acids is 1. The molecule has 8 nitrogen and oxygen atoms in total. The zero-order chi connectivity index (χ0) is 19.7. The summed E-state index contributed by atoms with van der Waals surface area (Å²) in [7, 11) is -3.86. The number of hydrogen-bond donors (Lipinski definition) is 2. The Hall–Kier alpha value is -3.46. The van der Waals surface area contributed by atoms with Gasteiger partial charge in [-0.2, -0.15) is 0 Å². The predicted molar refractivity (Wildman–Crippen MR) is 104 cm³/mol. The highest BCUT2D eigenvalue weighted by Crippen LogP contribution is 2.31. The molecule has 0 saturated heterocycles. The molecule has 3 aromatic rings. The van der Waals surface area contributed by atoms with Crippen molar-refractivity contribution in [1.29, 1.82) is 0 Å². The van der Waals surface area contributed by atoms with Crippen LogP contribution in [-0.2, 0) is 14.8 Å². The van der Waals surface area contributed by atoms with Crippen LogP contribution in [0.2, 0.25) is 0 Å². The van der Waals surface area contributed by atoms with E-state index in [4.69, 9.17) is 4.74 Å². The molecule has 2 heterocycles. The topological polar surface area (TPSA) is 110 Å². The Kier molecular flexibility index (Phi) is 4.44. The van der Waals surface area contributed by atoms with Crippen LogP contribution in [0.4, 0.5) is 11.4 Å². The molecule has 2 aromatic carbocycles. The third kappa shape index (κ3) is 3.65. The molecule has 0 fully saturated rings. The largest absolute Gasteiger partial charge is 0.482 e. The Morgan fingerprint density at radius 2 is 2.00 bits per heavy atom. The molecule has 0 saturated carbocycles. The zero-order valence-corrected chi connectivity index (χ0v) is 15.7. The first-order valence-corrected chi connectivity index (χ1v) is 9.89. The number of nitrogens with one attached hydrogen (secondary N) is 2. The quantitative estimate of drug-likeness (QED) is 0.701. The number of nitrogens with zero attached hydrogens (tertiary/aromatic N) is 2. The molecule has 0 unspecified atom stereocenters. The molecule has 1 aliphatic heterocycles. The molecule has 28 heavy (non-hydrogen) atoms. The van der Waals surface area contributed by atoms with Crippen LogP contribution in [-0.4, -0.2) is 30.9 Å². The summed E-state index contributed by atoms with van der Waals surface area (Å²) >= 11 is 0. The second kappa shape index (κ2) is 6.93. The van der Waals surface area contributed by atoms with Gasteiger partial charge in [0.2, 0.25) is 0 Å².